The molecule has 4 N–H and O–H groups in total. The molecular formula is C10H14N2O2. The van der Waals surface area contributed by atoms with E-state index in [0.717, 1.165) is 11.9 Å². The number of benzene rings is 1. The largest absolute Gasteiger partial charge is 0.516 e. The fraction of sp³-hybridized carbons (Fsp3) is 0.200. The van der Waals surface area contributed by atoms with Crippen LogP contribution in [0.15, 0.2) is 30.5 Å². The van der Waals surface area contributed by atoms with E-state index in [1.54, 1.807) is 25.3 Å². The van der Waals surface area contributed by atoms with Crippen molar-refractivity contribution in [2.75, 3.05) is 24.7 Å². The van der Waals surface area contributed by atoms with Crippen molar-refractivity contribution >= 4 is 11.4 Å². The van der Waals surface area contributed by atoms with Crippen LogP contribution in [0.4, 0.5) is 11.4 Å². The molecule has 4 heteroatoms. The number of hydrogen-bond acceptors (Lipinski definition) is 4. The van der Waals surface area contributed by atoms with Gasteiger partial charge in [-0.3, -0.25) is 0 Å². The van der Waals surface area contributed by atoms with Gasteiger partial charge in [-0.2, -0.15) is 0 Å². The Morgan fingerprint density at radius 3 is 2.93 bits per heavy atom. The van der Waals surface area contributed by atoms with E-state index in [0.29, 0.717) is 18.0 Å². The Labute approximate surface area is 83.0 Å². The Morgan fingerprint density at radius 2 is 2.36 bits per heavy atom. The predicted molar refractivity (Wildman–Crippen MR) is 57.7 cm³/mol. The van der Waals surface area contributed by atoms with Crippen LogP contribution in [0.25, 0.3) is 0 Å². The molecule has 14 heavy (non-hydrogen) atoms. The van der Waals surface area contributed by atoms with Crippen molar-refractivity contribution in [2.45, 2.75) is 0 Å². The lowest BCUT2D eigenvalue weighted by Crippen LogP contribution is -1.99. The minimum absolute atomic E-state index is 0.558. The average molecular weight is 194 g/mol. The maximum atomic E-state index is 8.42. The lowest BCUT2D eigenvalue weighted by Gasteiger charge is -2.07. The van der Waals surface area contributed by atoms with E-state index < -0.39 is 0 Å². The summed E-state index contributed by atoms with van der Waals surface area (Å²) in [4.78, 5) is 0. The molecule has 0 aliphatic carbocycles. The number of methoxy groups -OCH3 is 1. The molecule has 0 amide bonds. The zero-order valence-corrected chi connectivity index (χ0v) is 8.03. The molecule has 4 nitrogen and oxygen atoms in total. The van der Waals surface area contributed by atoms with E-state index in [-0.39, 0.29) is 0 Å². The Kier molecular flexibility index (Phi) is 3.67. The average Bonchev–Trinajstić information content (AvgIpc) is 2.18. The summed E-state index contributed by atoms with van der Waals surface area (Å²) in [6.45, 7) is 0.558. The third kappa shape index (κ3) is 2.58. The summed E-state index contributed by atoms with van der Waals surface area (Å²) in [7, 11) is 1.58. The van der Waals surface area contributed by atoms with Crippen LogP contribution >= 0.6 is 0 Å². The summed E-state index contributed by atoms with van der Waals surface area (Å²) in [6.07, 6.45) is 2.60. The third-order valence-electron chi connectivity index (χ3n) is 1.76. The summed E-state index contributed by atoms with van der Waals surface area (Å²) >= 11 is 0. The van der Waals surface area contributed by atoms with Crippen LogP contribution in [0.5, 0.6) is 5.75 Å². The number of ether oxygens (including phenoxy) is 1. The molecule has 0 aromatic heterocycles. The predicted octanol–water partition coefficient (Wildman–Crippen LogP) is 1.76. The van der Waals surface area contributed by atoms with Crippen LogP contribution < -0.4 is 15.8 Å². The lowest BCUT2D eigenvalue weighted by molar-refractivity contribution is 0.417. The number of anilines is 2. The molecule has 1 rings (SSSR count). The van der Waals surface area contributed by atoms with E-state index in [1.807, 2.05) is 6.07 Å². The molecule has 0 radical (unpaired) electrons. The zero-order valence-electron chi connectivity index (χ0n) is 8.03. The van der Waals surface area contributed by atoms with Gasteiger partial charge in [0, 0.05) is 12.2 Å². The van der Waals surface area contributed by atoms with Crippen molar-refractivity contribution in [3.63, 3.8) is 0 Å². The Bertz CT molecular complexity index is 324. The van der Waals surface area contributed by atoms with Gasteiger partial charge in [-0.05, 0) is 24.3 Å². The summed E-state index contributed by atoms with van der Waals surface area (Å²) < 4.78 is 5.02. The minimum atomic E-state index is 0.558. The Balaban J connectivity index is 2.66. The first-order valence-corrected chi connectivity index (χ1v) is 4.24. The fourth-order valence-electron chi connectivity index (χ4n) is 1.07. The van der Waals surface area contributed by atoms with Gasteiger partial charge >= 0.3 is 0 Å². The van der Waals surface area contributed by atoms with Crippen LogP contribution in [0.2, 0.25) is 0 Å². The Morgan fingerprint density at radius 1 is 1.57 bits per heavy atom. The maximum absolute atomic E-state index is 8.42. The first kappa shape index (κ1) is 10.2. The molecule has 0 bridgehead atoms. The van der Waals surface area contributed by atoms with E-state index in [9.17, 15) is 0 Å². The number of nitrogens with two attached hydrogens (primary N) is 1. The molecule has 0 saturated heterocycles. The van der Waals surface area contributed by atoms with Crippen molar-refractivity contribution in [3.8, 4) is 5.75 Å². The topological polar surface area (TPSA) is 67.5 Å². The van der Waals surface area contributed by atoms with Crippen molar-refractivity contribution < 1.29 is 9.84 Å². The fourth-order valence-corrected chi connectivity index (χ4v) is 1.07. The molecule has 0 fully saturated rings. The van der Waals surface area contributed by atoms with Gasteiger partial charge in [0.25, 0.3) is 0 Å². The second kappa shape index (κ2) is 5.01. The molecule has 0 aliphatic heterocycles. The molecular weight excluding hydrogens is 180 g/mol. The molecule has 0 heterocycles. The standard InChI is InChI=1S/C10H14N2O2/c1-14-10-4-3-8(7-9(10)11)12-5-2-6-13/h2-4,6-7,12-13H,5,11H2,1H3. The van der Waals surface area contributed by atoms with Gasteiger partial charge in [0.1, 0.15) is 5.75 Å². The maximum Gasteiger partial charge on any atom is 0.141 e. The molecule has 0 spiro atoms. The highest BCUT2D eigenvalue weighted by molar-refractivity contribution is 5.62. The molecule has 76 valence electrons. The van der Waals surface area contributed by atoms with Gasteiger partial charge in [-0.25, -0.2) is 0 Å². The van der Waals surface area contributed by atoms with Crippen LogP contribution in [0.1, 0.15) is 0 Å². The van der Waals surface area contributed by atoms with Crippen molar-refractivity contribution in [2.24, 2.45) is 0 Å². The number of aliphatic hydroxyl groups is 1. The number of aliphatic hydroxyl groups excluding tert-OH is 1. The van der Waals surface area contributed by atoms with Crippen molar-refractivity contribution in [3.05, 3.63) is 30.5 Å². The minimum Gasteiger partial charge on any atom is -0.516 e. The second-order valence-electron chi connectivity index (χ2n) is 2.72. The van der Waals surface area contributed by atoms with Crippen LogP contribution in [-0.4, -0.2) is 18.8 Å². The summed E-state index contributed by atoms with van der Waals surface area (Å²) in [6, 6.07) is 5.44. The highest BCUT2D eigenvalue weighted by Gasteiger charge is 1.98. The zero-order chi connectivity index (χ0) is 10.4. The summed E-state index contributed by atoms with van der Waals surface area (Å²) in [5.74, 6) is 0.660. The monoisotopic (exact) mass is 194 g/mol. The lowest BCUT2D eigenvalue weighted by atomic mass is 10.2. The SMILES string of the molecule is COc1ccc(NCC=CO)cc1N. The molecule has 1 aromatic rings. The smallest absolute Gasteiger partial charge is 0.141 e. The quantitative estimate of drug-likeness (QED) is 0.504. The Hall–Kier alpha value is -1.84. The first-order chi connectivity index (χ1) is 6.77. The number of rotatable bonds is 4. The van der Waals surface area contributed by atoms with E-state index in [4.69, 9.17) is 15.6 Å². The molecule has 0 atom stereocenters. The van der Waals surface area contributed by atoms with Gasteiger partial charge in [0.2, 0.25) is 0 Å². The van der Waals surface area contributed by atoms with E-state index in [1.165, 1.54) is 0 Å². The third-order valence-corrected chi connectivity index (χ3v) is 1.76. The number of nitrogens with one attached hydrogen (secondary N) is 1. The first-order valence-electron chi connectivity index (χ1n) is 4.24. The van der Waals surface area contributed by atoms with Gasteiger partial charge in [-0.1, -0.05) is 0 Å². The van der Waals surface area contributed by atoms with Gasteiger partial charge in [-0.15, -0.1) is 0 Å². The second-order valence-corrected chi connectivity index (χ2v) is 2.72. The van der Waals surface area contributed by atoms with Crippen molar-refractivity contribution in [1.29, 1.82) is 0 Å². The molecule has 0 aliphatic rings. The highest BCUT2D eigenvalue weighted by Crippen LogP contribution is 2.24. The van der Waals surface area contributed by atoms with Gasteiger partial charge < -0.3 is 20.9 Å². The molecule has 1 aromatic carbocycles. The molecule has 0 unspecified atom stereocenters. The highest BCUT2D eigenvalue weighted by atomic mass is 16.5. The summed E-state index contributed by atoms with van der Waals surface area (Å²) in [5, 5.41) is 11.5. The van der Waals surface area contributed by atoms with Crippen LogP contribution in [0, 0.1) is 0 Å². The summed E-state index contributed by atoms with van der Waals surface area (Å²) in [5.41, 5.74) is 7.18. The number of nitrogen functional groups attached to an aromatic ring is 1. The molecule has 0 saturated carbocycles. The normalized spacial score (nSPS) is 10.4. The van der Waals surface area contributed by atoms with Gasteiger partial charge in [0.05, 0.1) is 19.1 Å². The van der Waals surface area contributed by atoms with Gasteiger partial charge in [0.15, 0.2) is 0 Å². The van der Waals surface area contributed by atoms with Crippen LogP contribution in [-0.2, 0) is 0 Å². The van der Waals surface area contributed by atoms with E-state index >= 15 is 0 Å². The number of hydrogen-bond donors (Lipinski definition) is 3. The van der Waals surface area contributed by atoms with Crippen molar-refractivity contribution in [1.82, 2.24) is 0 Å². The van der Waals surface area contributed by atoms with E-state index in [2.05, 4.69) is 5.32 Å². The van der Waals surface area contributed by atoms with Crippen LogP contribution in [0.3, 0.4) is 0 Å².